The first kappa shape index (κ1) is 38.9. The predicted octanol–water partition coefficient (Wildman–Crippen LogP) is 1.61. The van der Waals surface area contributed by atoms with Crippen LogP contribution in [0.2, 0.25) is 0 Å². The van der Waals surface area contributed by atoms with E-state index in [0.29, 0.717) is 19.6 Å². The van der Waals surface area contributed by atoms with Crippen LogP contribution in [-0.2, 0) is 28.7 Å². The molecule has 4 amide bonds. The highest BCUT2D eigenvalue weighted by Crippen LogP contribution is 2.30. The maximum atomic E-state index is 14.1. The van der Waals surface area contributed by atoms with Gasteiger partial charge in [-0.05, 0) is 58.0 Å². The second kappa shape index (κ2) is 17.6. The standard InChI is InChI=1S/C33H62N6O6/c1-11-22(4)28(38(8)31(42)27(21(2)3)36-32(43)33(6)15-13-18-37(33)7)25(44-9)20-26(40)39-19-12-14-24(39)29(45-10)23(5)30(41)35-17-16-34/h21-25,27-29H,11-20,34H2,1-10H3,(H,35,41)(H,36,43)/t22-,23+,24-,25?,27-,28-,29?,33-/m0/s1. The summed E-state index contributed by atoms with van der Waals surface area (Å²) in [6.07, 6.45) is 3.01. The molecule has 12 nitrogen and oxygen atoms in total. The number of likely N-dealkylation sites (tertiary alicyclic amines) is 2. The van der Waals surface area contributed by atoms with Gasteiger partial charge in [-0.25, -0.2) is 0 Å². The van der Waals surface area contributed by atoms with Crippen LogP contribution in [0.15, 0.2) is 0 Å². The minimum Gasteiger partial charge on any atom is -0.379 e. The van der Waals surface area contributed by atoms with Crippen LogP contribution in [-0.4, -0.2) is 129 Å². The van der Waals surface area contributed by atoms with Crippen molar-refractivity contribution in [2.24, 2.45) is 23.5 Å². The van der Waals surface area contributed by atoms with Gasteiger partial charge in [-0.2, -0.15) is 0 Å². The van der Waals surface area contributed by atoms with Gasteiger partial charge in [-0.1, -0.05) is 41.0 Å². The smallest absolute Gasteiger partial charge is 0.245 e. The lowest BCUT2D eigenvalue weighted by atomic mass is 9.89. The Bertz CT molecular complexity index is 997. The molecule has 2 rings (SSSR count). The molecule has 0 radical (unpaired) electrons. The summed E-state index contributed by atoms with van der Waals surface area (Å²) in [4.78, 5) is 59.8. The summed E-state index contributed by atoms with van der Waals surface area (Å²) >= 11 is 0. The number of nitrogens with one attached hydrogen (secondary N) is 2. The second-order valence-corrected chi connectivity index (χ2v) is 13.7. The average Bonchev–Trinajstić information content (AvgIpc) is 3.64. The van der Waals surface area contributed by atoms with Crippen LogP contribution in [0.4, 0.5) is 0 Å². The number of methoxy groups -OCH3 is 2. The molecule has 45 heavy (non-hydrogen) atoms. The first-order valence-electron chi connectivity index (χ1n) is 16.8. The molecule has 8 atom stereocenters. The lowest BCUT2D eigenvalue weighted by molar-refractivity contribution is -0.148. The number of hydrogen-bond acceptors (Lipinski definition) is 8. The molecule has 0 aromatic carbocycles. The number of hydrogen-bond donors (Lipinski definition) is 3. The largest absolute Gasteiger partial charge is 0.379 e. The van der Waals surface area contributed by atoms with E-state index in [0.717, 1.165) is 38.6 Å². The van der Waals surface area contributed by atoms with E-state index >= 15 is 0 Å². The van der Waals surface area contributed by atoms with Crippen molar-refractivity contribution < 1.29 is 28.7 Å². The Balaban J connectivity index is 2.26. The first-order chi connectivity index (χ1) is 21.2. The number of nitrogens with two attached hydrogens (primary N) is 1. The molecule has 0 spiro atoms. The molecule has 2 heterocycles. The Morgan fingerprint density at radius 1 is 1.07 bits per heavy atom. The van der Waals surface area contributed by atoms with Crippen LogP contribution >= 0.6 is 0 Å². The quantitative estimate of drug-likeness (QED) is 0.218. The third-order valence-corrected chi connectivity index (χ3v) is 10.4. The fraction of sp³-hybridized carbons (Fsp3) is 0.879. The molecule has 0 saturated carbocycles. The summed E-state index contributed by atoms with van der Waals surface area (Å²) in [6.45, 7) is 13.9. The monoisotopic (exact) mass is 638 g/mol. The number of rotatable bonds is 17. The van der Waals surface area contributed by atoms with E-state index in [-0.39, 0.29) is 47.9 Å². The van der Waals surface area contributed by atoms with Crippen molar-refractivity contribution in [3.05, 3.63) is 0 Å². The Kier molecular flexibility index (Phi) is 15.2. The van der Waals surface area contributed by atoms with Gasteiger partial charge in [-0.3, -0.25) is 24.1 Å². The number of carbonyl (C=O) groups excluding carboxylic acids is 4. The highest BCUT2D eigenvalue weighted by atomic mass is 16.5. The van der Waals surface area contributed by atoms with Crippen LogP contribution in [0, 0.1) is 17.8 Å². The van der Waals surface area contributed by atoms with Crippen molar-refractivity contribution in [3.8, 4) is 0 Å². The minimum atomic E-state index is -0.717. The zero-order valence-corrected chi connectivity index (χ0v) is 29.6. The van der Waals surface area contributed by atoms with Crippen molar-refractivity contribution >= 4 is 23.6 Å². The fourth-order valence-corrected chi connectivity index (χ4v) is 7.08. The SMILES string of the molecule is CC[C@H](C)[C@@H](C(CC(=O)N1CCC[C@H]1C(OC)[C@@H](C)C(=O)NCCN)OC)N(C)C(=O)[C@@H](NC(=O)[C@]1(C)CCCN1C)C(C)C. The molecule has 0 bridgehead atoms. The van der Waals surface area contributed by atoms with Gasteiger partial charge in [0, 0.05) is 40.9 Å². The number of carbonyl (C=O) groups is 4. The summed E-state index contributed by atoms with van der Waals surface area (Å²) in [5.74, 6) is -1.17. The van der Waals surface area contributed by atoms with Crippen molar-refractivity contribution in [1.82, 2.24) is 25.3 Å². The molecule has 2 saturated heterocycles. The molecule has 0 aromatic rings. The number of likely N-dealkylation sites (N-methyl/N-ethyl adjacent to an activating group) is 2. The normalized spacial score (nSPS) is 24.5. The van der Waals surface area contributed by atoms with Crippen LogP contribution < -0.4 is 16.4 Å². The minimum absolute atomic E-state index is 0.0195. The van der Waals surface area contributed by atoms with E-state index in [2.05, 4.69) is 29.4 Å². The van der Waals surface area contributed by atoms with Crippen molar-refractivity contribution in [2.45, 2.75) is 116 Å². The van der Waals surface area contributed by atoms with Gasteiger partial charge < -0.3 is 35.6 Å². The van der Waals surface area contributed by atoms with Gasteiger partial charge in [0.25, 0.3) is 0 Å². The van der Waals surface area contributed by atoms with E-state index in [1.807, 2.05) is 39.6 Å². The van der Waals surface area contributed by atoms with Gasteiger partial charge in [0.05, 0.1) is 42.2 Å². The Morgan fingerprint density at radius 2 is 1.73 bits per heavy atom. The summed E-state index contributed by atoms with van der Waals surface area (Å²) < 4.78 is 11.8. The number of amides is 4. The van der Waals surface area contributed by atoms with Gasteiger partial charge in [-0.15, -0.1) is 0 Å². The van der Waals surface area contributed by atoms with E-state index < -0.39 is 35.7 Å². The molecule has 0 aliphatic carbocycles. The predicted molar refractivity (Wildman–Crippen MR) is 175 cm³/mol. The second-order valence-electron chi connectivity index (χ2n) is 13.7. The van der Waals surface area contributed by atoms with E-state index in [9.17, 15) is 19.2 Å². The molecule has 12 heteroatoms. The lowest BCUT2D eigenvalue weighted by Gasteiger charge is -2.41. The number of nitrogens with zero attached hydrogens (tertiary/aromatic N) is 3. The highest BCUT2D eigenvalue weighted by molar-refractivity contribution is 5.92. The third kappa shape index (κ3) is 9.17. The van der Waals surface area contributed by atoms with E-state index in [1.54, 1.807) is 26.2 Å². The Morgan fingerprint density at radius 3 is 2.24 bits per heavy atom. The lowest BCUT2D eigenvalue weighted by Crippen LogP contribution is -2.61. The summed E-state index contributed by atoms with van der Waals surface area (Å²) in [6, 6.07) is -1.37. The van der Waals surface area contributed by atoms with Crippen LogP contribution in [0.5, 0.6) is 0 Å². The van der Waals surface area contributed by atoms with Gasteiger partial charge >= 0.3 is 0 Å². The first-order valence-corrected chi connectivity index (χ1v) is 16.8. The summed E-state index contributed by atoms with van der Waals surface area (Å²) in [5, 5.41) is 5.91. The summed E-state index contributed by atoms with van der Waals surface area (Å²) in [5.41, 5.74) is 4.90. The van der Waals surface area contributed by atoms with Crippen LogP contribution in [0.3, 0.4) is 0 Å². The molecule has 0 aromatic heterocycles. The Labute approximate surface area is 271 Å². The molecule has 260 valence electrons. The molecule has 4 N–H and O–H groups in total. The average molecular weight is 639 g/mol. The maximum absolute atomic E-state index is 14.1. The molecule has 2 fully saturated rings. The van der Waals surface area contributed by atoms with Crippen molar-refractivity contribution in [2.75, 3.05) is 54.5 Å². The Hall–Kier alpha value is -2.28. The molecular weight excluding hydrogens is 576 g/mol. The zero-order chi connectivity index (χ0) is 34.1. The van der Waals surface area contributed by atoms with Crippen molar-refractivity contribution in [1.29, 1.82) is 0 Å². The molecule has 2 aliphatic heterocycles. The maximum Gasteiger partial charge on any atom is 0.245 e. The van der Waals surface area contributed by atoms with Gasteiger partial charge in [0.2, 0.25) is 23.6 Å². The fourth-order valence-electron chi connectivity index (χ4n) is 7.08. The van der Waals surface area contributed by atoms with Gasteiger partial charge in [0.15, 0.2) is 0 Å². The zero-order valence-electron chi connectivity index (χ0n) is 29.6. The van der Waals surface area contributed by atoms with Crippen LogP contribution in [0.1, 0.15) is 80.1 Å². The van der Waals surface area contributed by atoms with Gasteiger partial charge in [0.1, 0.15) is 6.04 Å². The van der Waals surface area contributed by atoms with E-state index in [4.69, 9.17) is 15.2 Å². The molecule has 2 unspecified atom stereocenters. The summed E-state index contributed by atoms with van der Waals surface area (Å²) in [7, 11) is 6.85. The van der Waals surface area contributed by atoms with E-state index in [1.165, 1.54) is 0 Å². The highest BCUT2D eigenvalue weighted by Gasteiger charge is 2.45. The van der Waals surface area contributed by atoms with Crippen LogP contribution in [0.25, 0.3) is 0 Å². The third-order valence-electron chi connectivity index (χ3n) is 10.4. The topological polar surface area (TPSA) is 147 Å². The molecular formula is C33H62N6O6. The van der Waals surface area contributed by atoms with Crippen molar-refractivity contribution in [3.63, 3.8) is 0 Å². The molecule has 2 aliphatic rings. The number of ether oxygens (including phenoxy) is 2.